The zero-order chi connectivity index (χ0) is 11.1. The molecule has 15 heavy (non-hydrogen) atoms. The normalized spacial score (nSPS) is 9.67. The highest BCUT2D eigenvalue weighted by Crippen LogP contribution is 2.03. The Morgan fingerprint density at radius 3 is 3.00 bits per heavy atom. The van der Waals surface area contributed by atoms with Crippen molar-refractivity contribution in [3.05, 3.63) is 16.6 Å². The van der Waals surface area contributed by atoms with Crippen LogP contribution < -0.4 is 5.32 Å². The second-order valence-corrected chi connectivity index (χ2v) is 3.63. The van der Waals surface area contributed by atoms with E-state index in [1.165, 1.54) is 11.3 Å². The Labute approximate surface area is 91.5 Å². The summed E-state index contributed by atoms with van der Waals surface area (Å²) in [5.74, 6) is -1.54. The Kier molecular flexibility index (Phi) is 4.76. The average molecular weight is 228 g/mol. The summed E-state index contributed by atoms with van der Waals surface area (Å²) in [5.41, 5.74) is 0. The van der Waals surface area contributed by atoms with E-state index in [1.54, 1.807) is 13.1 Å². The number of hydrogen-bond donors (Lipinski definition) is 1. The van der Waals surface area contributed by atoms with Crippen molar-refractivity contribution < 1.29 is 14.3 Å². The van der Waals surface area contributed by atoms with Gasteiger partial charge in [0.1, 0.15) is 0 Å². The van der Waals surface area contributed by atoms with Gasteiger partial charge < -0.3 is 10.1 Å². The highest BCUT2D eigenvalue weighted by molar-refractivity contribution is 7.09. The number of aromatic nitrogens is 1. The first-order chi connectivity index (χ1) is 7.24. The molecule has 0 saturated carbocycles. The maximum absolute atomic E-state index is 11.1. The fraction of sp³-hybridized carbons (Fsp3) is 0.444. The van der Waals surface area contributed by atoms with Gasteiger partial charge in [0, 0.05) is 24.5 Å². The minimum atomic E-state index is -0.836. The molecule has 82 valence electrons. The number of nitrogens with zero attached hydrogens (tertiary/aromatic N) is 1. The molecule has 0 aliphatic carbocycles. The van der Waals surface area contributed by atoms with Crippen LogP contribution in [0, 0.1) is 0 Å². The molecule has 0 bridgehead atoms. The molecule has 0 aromatic carbocycles. The number of nitrogens with one attached hydrogen (secondary N) is 1. The van der Waals surface area contributed by atoms with E-state index in [0.717, 1.165) is 5.01 Å². The first-order valence-electron chi connectivity index (χ1n) is 4.57. The molecular weight excluding hydrogens is 216 g/mol. The summed E-state index contributed by atoms with van der Waals surface area (Å²) in [7, 11) is 0. The zero-order valence-electron chi connectivity index (χ0n) is 8.36. The lowest BCUT2D eigenvalue weighted by molar-refractivity contribution is -0.154. The van der Waals surface area contributed by atoms with Crippen molar-refractivity contribution >= 4 is 23.2 Å². The highest BCUT2D eigenvalue weighted by Gasteiger charge is 2.13. The van der Waals surface area contributed by atoms with Crippen LogP contribution in [0.2, 0.25) is 0 Å². The summed E-state index contributed by atoms with van der Waals surface area (Å²) in [5, 5.41) is 5.25. The monoisotopic (exact) mass is 228 g/mol. The number of rotatable bonds is 4. The van der Waals surface area contributed by atoms with Crippen molar-refractivity contribution in [1.29, 1.82) is 0 Å². The number of ether oxygens (including phenoxy) is 1. The molecule has 0 radical (unpaired) electrons. The quantitative estimate of drug-likeness (QED) is 0.597. The summed E-state index contributed by atoms with van der Waals surface area (Å²) < 4.78 is 4.53. The van der Waals surface area contributed by atoms with Crippen LogP contribution in [0.5, 0.6) is 0 Å². The number of thiazole rings is 1. The summed E-state index contributed by atoms with van der Waals surface area (Å²) in [6.45, 7) is 2.25. The van der Waals surface area contributed by atoms with Crippen LogP contribution in [-0.2, 0) is 20.7 Å². The fourth-order valence-electron chi connectivity index (χ4n) is 0.928. The largest absolute Gasteiger partial charge is 0.459 e. The van der Waals surface area contributed by atoms with Crippen molar-refractivity contribution in [3.8, 4) is 0 Å². The number of carbonyl (C=O) groups excluding carboxylic acids is 2. The molecule has 0 aliphatic rings. The van der Waals surface area contributed by atoms with Crippen LogP contribution in [0.3, 0.4) is 0 Å². The van der Waals surface area contributed by atoms with E-state index in [-0.39, 0.29) is 6.61 Å². The highest BCUT2D eigenvalue weighted by atomic mass is 32.1. The summed E-state index contributed by atoms with van der Waals surface area (Å²) in [6.07, 6.45) is 2.33. The Hall–Kier alpha value is -1.43. The van der Waals surface area contributed by atoms with Crippen molar-refractivity contribution in [3.63, 3.8) is 0 Å². The molecule has 1 aromatic rings. The molecule has 0 fully saturated rings. The van der Waals surface area contributed by atoms with Crippen LogP contribution in [-0.4, -0.2) is 30.0 Å². The SMILES string of the molecule is CCOC(=O)C(=O)NCCc1nccs1. The van der Waals surface area contributed by atoms with E-state index < -0.39 is 11.9 Å². The standard InChI is InChI=1S/C9H12N2O3S/c1-2-14-9(13)8(12)11-4-3-7-10-5-6-15-7/h5-6H,2-4H2,1H3,(H,11,12). The minimum absolute atomic E-state index is 0.207. The van der Waals surface area contributed by atoms with Crippen molar-refractivity contribution in [2.24, 2.45) is 0 Å². The zero-order valence-corrected chi connectivity index (χ0v) is 9.17. The predicted molar refractivity (Wildman–Crippen MR) is 55.5 cm³/mol. The van der Waals surface area contributed by atoms with Gasteiger partial charge in [-0.25, -0.2) is 9.78 Å². The van der Waals surface area contributed by atoms with Gasteiger partial charge in [-0.2, -0.15) is 0 Å². The predicted octanol–water partition coefficient (Wildman–Crippen LogP) is 0.365. The molecule has 0 unspecified atom stereocenters. The molecule has 0 spiro atoms. The molecule has 0 saturated heterocycles. The molecule has 1 aromatic heterocycles. The lowest BCUT2D eigenvalue weighted by atomic mass is 10.4. The molecule has 6 heteroatoms. The smallest absolute Gasteiger partial charge is 0.396 e. The molecule has 1 N–H and O–H groups in total. The molecule has 1 rings (SSSR count). The maximum atomic E-state index is 11.1. The Morgan fingerprint density at radius 1 is 1.60 bits per heavy atom. The number of hydrogen-bond acceptors (Lipinski definition) is 5. The third kappa shape index (κ3) is 4.07. The molecule has 0 aliphatic heterocycles. The van der Waals surface area contributed by atoms with Crippen LogP contribution in [0.25, 0.3) is 0 Å². The van der Waals surface area contributed by atoms with Crippen molar-refractivity contribution in [2.75, 3.05) is 13.2 Å². The van der Waals surface area contributed by atoms with Gasteiger partial charge in [-0.3, -0.25) is 4.79 Å². The second-order valence-electron chi connectivity index (χ2n) is 2.65. The molecule has 1 amide bonds. The van der Waals surface area contributed by atoms with Crippen LogP contribution in [0.15, 0.2) is 11.6 Å². The number of amides is 1. The fourth-order valence-corrected chi connectivity index (χ4v) is 1.55. The van der Waals surface area contributed by atoms with Gasteiger partial charge in [-0.05, 0) is 6.92 Å². The first-order valence-corrected chi connectivity index (χ1v) is 5.45. The maximum Gasteiger partial charge on any atom is 0.396 e. The van der Waals surface area contributed by atoms with E-state index in [0.29, 0.717) is 13.0 Å². The number of carbonyl (C=O) groups is 2. The third-order valence-corrected chi connectivity index (χ3v) is 2.41. The van der Waals surface area contributed by atoms with E-state index in [1.807, 2.05) is 5.38 Å². The summed E-state index contributed by atoms with van der Waals surface area (Å²) in [4.78, 5) is 26.0. The van der Waals surface area contributed by atoms with Gasteiger partial charge in [0.05, 0.1) is 11.6 Å². The topological polar surface area (TPSA) is 68.3 Å². The van der Waals surface area contributed by atoms with Crippen molar-refractivity contribution in [2.45, 2.75) is 13.3 Å². The lowest BCUT2D eigenvalue weighted by Crippen LogP contribution is -2.33. The van der Waals surface area contributed by atoms with Gasteiger partial charge in [-0.15, -0.1) is 11.3 Å². The Balaban J connectivity index is 2.20. The first kappa shape index (κ1) is 11.6. The van der Waals surface area contributed by atoms with E-state index in [2.05, 4.69) is 15.0 Å². The molecule has 5 nitrogen and oxygen atoms in total. The van der Waals surface area contributed by atoms with Crippen molar-refractivity contribution in [1.82, 2.24) is 10.3 Å². The molecule has 0 atom stereocenters. The Bertz CT molecular complexity index is 324. The summed E-state index contributed by atoms with van der Waals surface area (Å²) in [6, 6.07) is 0. The average Bonchev–Trinajstić information content (AvgIpc) is 2.71. The minimum Gasteiger partial charge on any atom is -0.459 e. The van der Waals surface area contributed by atoms with Gasteiger partial charge in [0.15, 0.2) is 0 Å². The van der Waals surface area contributed by atoms with Gasteiger partial charge in [0.25, 0.3) is 0 Å². The van der Waals surface area contributed by atoms with Crippen LogP contribution in [0.1, 0.15) is 11.9 Å². The summed E-state index contributed by atoms with van der Waals surface area (Å²) >= 11 is 1.51. The number of esters is 1. The van der Waals surface area contributed by atoms with Gasteiger partial charge in [-0.1, -0.05) is 0 Å². The molecular formula is C9H12N2O3S. The van der Waals surface area contributed by atoms with Gasteiger partial charge in [0.2, 0.25) is 0 Å². The van der Waals surface area contributed by atoms with E-state index in [4.69, 9.17) is 0 Å². The third-order valence-electron chi connectivity index (χ3n) is 1.57. The lowest BCUT2D eigenvalue weighted by Gasteiger charge is -2.02. The van der Waals surface area contributed by atoms with Crippen LogP contribution >= 0.6 is 11.3 Å². The second kappa shape index (κ2) is 6.13. The Morgan fingerprint density at radius 2 is 2.40 bits per heavy atom. The van der Waals surface area contributed by atoms with Gasteiger partial charge >= 0.3 is 11.9 Å². The van der Waals surface area contributed by atoms with Crippen LogP contribution in [0.4, 0.5) is 0 Å². The van der Waals surface area contributed by atoms with E-state index >= 15 is 0 Å². The van der Waals surface area contributed by atoms with E-state index in [9.17, 15) is 9.59 Å². The molecule has 1 heterocycles.